The van der Waals surface area contributed by atoms with Gasteiger partial charge in [-0.1, -0.05) is 39.2 Å². The van der Waals surface area contributed by atoms with Crippen molar-refractivity contribution in [3.63, 3.8) is 0 Å². The molecule has 20 heavy (non-hydrogen) atoms. The minimum atomic E-state index is 0.387. The van der Waals surface area contributed by atoms with E-state index in [1.165, 1.54) is 51.5 Å². The van der Waals surface area contributed by atoms with Crippen LogP contribution in [0.1, 0.15) is 65.7 Å². The van der Waals surface area contributed by atoms with Crippen LogP contribution in [0.2, 0.25) is 0 Å². The maximum atomic E-state index is 4.35. The number of rotatable bonds is 11. The van der Waals surface area contributed by atoms with Gasteiger partial charge in [0.1, 0.15) is 6.17 Å². The Kier molecular flexibility index (Phi) is 8.13. The second-order valence-corrected chi connectivity index (χ2v) is 6.57. The number of allylic oxidation sites excluding steroid dienone is 1. The lowest BCUT2D eigenvalue weighted by Crippen LogP contribution is -2.58. The van der Waals surface area contributed by atoms with Crippen molar-refractivity contribution in [2.75, 3.05) is 6.54 Å². The first kappa shape index (κ1) is 17.4. The molecule has 0 aromatic rings. The van der Waals surface area contributed by atoms with Crippen LogP contribution < -0.4 is 0 Å². The number of nitrogens with zero attached hydrogens (tertiary/aromatic N) is 2. The summed E-state index contributed by atoms with van der Waals surface area (Å²) in [4.78, 5) is 6.86. The Morgan fingerprint density at radius 1 is 1.30 bits per heavy atom. The molecule has 1 saturated heterocycles. The van der Waals surface area contributed by atoms with E-state index in [1.807, 2.05) is 6.08 Å². The average Bonchev–Trinajstić information content (AvgIpc) is 2.42. The van der Waals surface area contributed by atoms with Gasteiger partial charge in [-0.2, -0.15) is 0 Å². The monoisotopic (exact) mass is 278 g/mol. The van der Waals surface area contributed by atoms with E-state index in [-0.39, 0.29) is 0 Å². The lowest BCUT2D eigenvalue weighted by molar-refractivity contribution is -0.0190. The summed E-state index contributed by atoms with van der Waals surface area (Å²) in [6.07, 6.45) is 11.5. The Morgan fingerprint density at radius 3 is 2.65 bits per heavy atom. The Bertz CT molecular complexity index is 287. The van der Waals surface area contributed by atoms with Crippen LogP contribution in [0.5, 0.6) is 0 Å². The van der Waals surface area contributed by atoms with E-state index in [9.17, 15) is 0 Å². The van der Waals surface area contributed by atoms with Gasteiger partial charge in [0.2, 0.25) is 0 Å². The number of likely N-dealkylation sites (tertiary alicyclic amines) is 1. The summed E-state index contributed by atoms with van der Waals surface area (Å²) in [5, 5.41) is 0. The molecule has 0 bridgehead atoms. The van der Waals surface area contributed by atoms with Crippen LogP contribution in [-0.4, -0.2) is 30.4 Å². The third-order valence-electron chi connectivity index (χ3n) is 4.94. The van der Waals surface area contributed by atoms with Crippen molar-refractivity contribution in [1.82, 2.24) is 4.90 Å². The van der Waals surface area contributed by atoms with Gasteiger partial charge in [-0.05, 0) is 45.2 Å². The van der Waals surface area contributed by atoms with Crippen molar-refractivity contribution in [2.24, 2.45) is 16.8 Å². The molecule has 0 radical (unpaired) electrons. The topological polar surface area (TPSA) is 15.6 Å². The molecular formula is C18H34N2. The average molecular weight is 278 g/mol. The molecule has 116 valence electrons. The van der Waals surface area contributed by atoms with E-state index in [1.54, 1.807) is 0 Å². The fraction of sp³-hybridized carbons (Fsp3) is 0.833. The zero-order valence-corrected chi connectivity index (χ0v) is 13.9. The van der Waals surface area contributed by atoms with Gasteiger partial charge in [-0.25, -0.2) is 0 Å². The van der Waals surface area contributed by atoms with Gasteiger partial charge in [-0.3, -0.25) is 9.89 Å². The van der Waals surface area contributed by atoms with Gasteiger partial charge in [0.25, 0.3) is 0 Å². The molecule has 0 aromatic heterocycles. The first-order valence-corrected chi connectivity index (χ1v) is 8.46. The number of unbranched alkanes of at least 4 members (excludes halogenated alkanes) is 2. The molecule has 0 N–H and O–H groups in total. The standard InChI is InChI=1S/C18H34N2/c1-6-8-9-10-11-15(3)12-13-17-14-20(16(4)7-2)18(17)19-5/h6,15-18H,1,5,7-14H2,2-4H3. The lowest BCUT2D eigenvalue weighted by atomic mass is 9.85. The molecule has 1 aliphatic rings. The normalized spacial score (nSPS) is 25.8. The molecule has 0 spiro atoms. The molecule has 4 unspecified atom stereocenters. The highest BCUT2D eigenvalue weighted by molar-refractivity contribution is 5.25. The number of hydrogen-bond donors (Lipinski definition) is 0. The van der Waals surface area contributed by atoms with Gasteiger partial charge >= 0.3 is 0 Å². The zero-order chi connectivity index (χ0) is 15.0. The summed E-state index contributed by atoms with van der Waals surface area (Å²) in [5.74, 6) is 1.60. The third kappa shape index (κ3) is 5.05. The first-order valence-electron chi connectivity index (χ1n) is 8.46. The lowest BCUT2D eigenvalue weighted by Gasteiger charge is -2.49. The SMILES string of the molecule is C=CCCCCC(C)CCC1CN(C(C)CC)C1N=C. The van der Waals surface area contributed by atoms with Gasteiger partial charge in [0.15, 0.2) is 0 Å². The molecule has 0 aliphatic carbocycles. The second-order valence-electron chi connectivity index (χ2n) is 6.57. The smallest absolute Gasteiger partial charge is 0.105 e. The number of aliphatic imine (C=N–C) groups is 1. The largest absolute Gasteiger partial charge is 0.282 e. The quantitative estimate of drug-likeness (QED) is 0.298. The van der Waals surface area contributed by atoms with Crippen LogP contribution in [-0.2, 0) is 0 Å². The van der Waals surface area contributed by atoms with Gasteiger partial charge in [0, 0.05) is 18.5 Å². The Hall–Kier alpha value is -0.630. The minimum absolute atomic E-state index is 0.387. The summed E-state index contributed by atoms with van der Waals surface area (Å²) in [6, 6.07) is 0.651. The Balaban J connectivity index is 2.19. The molecule has 1 heterocycles. The van der Waals surface area contributed by atoms with Crippen molar-refractivity contribution in [2.45, 2.75) is 77.9 Å². The molecule has 0 aromatic carbocycles. The second kappa shape index (κ2) is 9.33. The van der Waals surface area contributed by atoms with Gasteiger partial charge in [0.05, 0.1) is 0 Å². The predicted molar refractivity (Wildman–Crippen MR) is 90.3 cm³/mol. The fourth-order valence-electron chi connectivity index (χ4n) is 3.20. The molecule has 2 nitrogen and oxygen atoms in total. The summed E-state index contributed by atoms with van der Waals surface area (Å²) in [6.45, 7) is 15.8. The van der Waals surface area contributed by atoms with Crippen LogP contribution in [0.3, 0.4) is 0 Å². The highest BCUT2D eigenvalue weighted by Gasteiger charge is 2.39. The molecule has 1 aliphatic heterocycles. The highest BCUT2D eigenvalue weighted by Crippen LogP contribution is 2.33. The minimum Gasteiger partial charge on any atom is -0.282 e. The van der Waals surface area contributed by atoms with Gasteiger partial charge < -0.3 is 0 Å². The number of hydrogen-bond acceptors (Lipinski definition) is 2. The molecule has 1 rings (SSSR count). The van der Waals surface area contributed by atoms with E-state index in [2.05, 4.69) is 44.0 Å². The maximum absolute atomic E-state index is 4.35. The summed E-state index contributed by atoms with van der Waals surface area (Å²) in [5.41, 5.74) is 0. The first-order chi connectivity index (χ1) is 9.63. The van der Waals surface area contributed by atoms with Crippen LogP contribution in [0.25, 0.3) is 0 Å². The highest BCUT2D eigenvalue weighted by atomic mass is 15.3. The van der Waals surface area contributed by atoms with Crippen molar-refractivity contribution in [3.8, 4) is 0 Å². The summed E-state index contributed by atoms with van der Waals surface area (Å²) < 4.78 is 0. The van der Waals surface area contributed by atoms with Gasteiger partial charge in [-0.15, -0.1) is 6.58 Å². The van der Waals surface area contributed by atoms with E-state index >= 15 is 0 Å². The maximum Gasteiger partial charge on any atom is 0.105 e. The molecule has 2 heteroatoms. The van der Waals surface area contributed by atoms with Crippen LogP contribution >= 0.6 is 0 Å². The fourth-order valence-corrected chi connectivity index (χ4v) is 3.20. The van der Waals surface area contributed by atoms with Crippen molar-refractivity contribution >= 4 is 6.72 Å². The summed E-state index contributed by atoms with van der Waals surface area (Å²) in [7, 11) is 0. The molecule has 4 atom stereocenters. The Morgan fingerprint density at radius 2 is 2.05 bits per heavy atom. The van der Waals surface area contributed by atoms with Crippen LogP contribution in [0.15, 0.2) is 17.6 Å². The van der Waals surface area contributed by atoms with Crippen molar-refractivity contribution in [3.05, 3.63) is 12.7 Å². The molecular weight excluding hydrogens is 244 g/mol. The van der Waals surface area contributed by atoms with E-state index in [0.717, 1.165) is 11.8 Å². The van der Waals surface area contributed by atoms with E-state index < -0.39 is 0 Å². The van der Waals surface area contributed by atoms with Crippen LogP contribution in [0.4, 0.5) is 0 Å². The molecule has 0 amide bonds. The van der Waals surface area contributed by atoms with E-state index in [4.69, 9.17) is 0 Å². The third-order valence-corrected chi connectivity index (χ3v) is 4.94. The molecule has 1 fully saturated rings. The molecule has 0 saturated carbocycles. The Labute approximate surface area is 126 Å². The van der Waals surface area contributed by atoms with Crippen molar-refractivity contribution < 1.29 is 0 Å². The van der Waals surface area contributed by atoms with Crippen LogP contribution in [0, 0.1) is 11.8 Å². The summed E-state index contributed by atoms with van der Waals surface area (Å²) >= 11 is 0. The van der Waals surface area contributed by atoms with Crippen molar-refractivity contribution in [1.29, 1.82) is 0 Å². The van der Waals surface area contributed by atoms with E-state index in [0.29, 0.717) is 12.2 Å². The zero-order valence-electron chi connectivity index (χ0n) is 13.9. The predicted octanol–water partition coefficient (Wildman–Crippen LogP) is 4.91.